The second-order valence-electron chi connectivity index (χ2n) is 5.15. The SMILES string of the molecule is [N-]=[N+]=N[C@H]1CC[C@H](c2[nH]c3ccc(F)cc3c2N=C=O)C1. The summed E-state index contributed by atoms with van der Waals surface area (Å²) in [5.41, 5.74) is 10.5. The summed E-state index contributed by atoms with van der Waals surface area (Å²) < 4.78 is 13.4. The van der Waals surface area contributed by atoms with Crippen molar-refractivity contribution in [3.63, 3.8) is 0 Å². The second-order valence-corrected chi connectivity index (χ2v) is 5.15. The van der Waals surface area contributed by atoms with Crippen molar-refractivity contribution in [3.05, 3.63) is 40.2 Å². The van der Waals surface area contributed by atoms with Crippen molar-refractivity contribution in [1.82, 2.24) is 4.98 Å². The number of rotatable bonds is 3. The van der Waals surface area contributed by atoms with E-state index in [4.69, 9.17) is 5.53 Å². The summed E-state index contributed by atoms with van der Waals surface area (Å²) in [7, 11) is 0. The van der Waals surface area contributed by atoms with Crippen molar-refractivity contribution in [1.29, 1.82) is 0 Å². The summed E-state index contributed by atoms with van der Waals surface area (Å²) in [6, 6.07) is 4.29. The summed E-state index contributed by atoms with van der Waals surface area (Å²) in [4.78, 5) is 20.5. The van der Waals surface area contributed by atoms with Crippen molar-refractivity contribution in [2.24, 2.45) is 10.1 Å². The molecule has 106 valence electrons. The zero-order valence-electron chi connectivity index (χ0n) is 11.1. The predicted octanol–water partition coefficient (Wildman–Crippen LogP) is 4.22. The lowest BCUT2D eigenvalue weighted by atomic mass is 10.0. The molecular formula is C14H12FN5O. The van der Waals surface area contributed by atoms with Gasteiger partial charge in [0.25, 0.3) is 0 Å². The molecule has 1 aromatic carbocycles. The Balaban J connectivity index is 2.08. The van der Waals surface area contributed by atoms with Crippen LogP contribution in [0.4, 0.5) is 10.1 Å². The van der Waals surface area contributed by atoms with E-state index in [0.717, 1.165) is 24.1 Å². The zero-order valence-corrected chi connectivity index (χ0v) is 11.1. The van der Waals surface area contributed by atoms with Crippen LogP contribution in [-0.4, -0.2) is 17.1 Å². The molecule has 0 unspecified atom stereocenters. The molecule has 0 aliphatic heterocycles. The van der Waals surface area contributed by atoms with Crippen molar-refractivity contribution < 1.29 is 9.18 Å². The third kappa shape index (κ3) is 2.40. The minimum atomic E-state index is -0.381. The third-order valence-electron chi connectivity index (χ3n) is 3.95. The van der Waals surface area contributed by atoms with Crippen LogP contribution < -0.4 is 0 Å². The monoisotopic (exact) mass is 285 g/mol. The number of halogens is 1. The lowest BCUT2D eigenvalue weighted by molar-refractivity contribution is 0.565. The summed E-state index contributed by atoms with van der Waals surface area (Å²) in [6.07, 6.45) is 3.86. The number of nitrogens with zero attached hydrogens (tertiary/aromatic N) is 4. The summed E-state index contributed by atoms with van der Waals surface area (Å²) in [5, 5.41) is 4.31. The van der Waals surface area contributed by atoms with Gasteiger partial charge in [0.05, 0.1) is 0 Å². The molecule has 0 spiro atoms. The van der Waals surface area contributed by atoms with Gasteiger partial charge in [-0.1, -0.05) is 5.11 Å². The first-order valence-corrected chi connectivity index (χ1v) is 6.66. The van der Waals surface area contributed by atoms with Crippen LogP contribution >= 0.6 is 0 Å². The lowest BCUT2D eigenvalue weighted by Crippen LogP contribution is -1.97. The topological polar surface area (TPSA) is 94.0 Å². The number of azide groups is 1. The average molecular weight is 285 g/mol. The molecule has 1 heterocycles. The van der Waals surface area contributed by atoms with Gasteiger partial charge in [-0.3, -0.25) is 0 Å². The molecule has 7 heteroatoms. The van der Waals surface area contributed by atoms with Gasteiger partial charge in [0.15, 0.2) is 0 Å². The summed E-state index contributed by atoms with van der Waals surface area (Å²) in [5.74, 6) is -0.267. The number of aromatic nitrogens is 1. The Hall–Kier alpha value is -2.62. The number of hydrogen-bond acceptors (Lipinski definition) is 3. The van der Waals surface area contributed by atoms with Gasteiger partial charge in [-0.15, -0.1) is 0 Å². The molecule has 21 heavy (non-hydrogen) atoms. The molecule has 6 nitrogen and oxygen atoms in total. The number of aromatic amines is 1. The van der Waals surface area contributed by atoms with Gasteiger partial charge in [0.2, 0.25) is 6.08 Å². The third-order valence-corrected chi connectivity index (χ3v) is 3.95. The first kappa shape index (κ1) is 13.4. The van der Waals surface area contributed by atoms with Crippen LogP contribution in [0.1, 0.15) is 30.9 Å². The molecule has 1 aliphatic carbocycles. The number of isocyanates is 1. The van der Waals surface area contributed by atoms with Crippen LogP contribution in [0.15, 0.2) is 28.3 Å². The van der Waals surface area contributed by atoms with Crippen molar-refractivity contribution in [2.45, 2.75) is 31.2 Å². The van der Waals surface area contributed by atoms with E-state index in [1.54, 1.807) is 6.07 Å². The van der Waals surface area contributed by atoms with E-state index < -0.39 is 0 Å². The maximum Gasteiger partial charge on any atom is 0.240 e. The number of hydrogen-bond donors (Lipinski definition) is 1. The molecular weight excluding hydrogens is 273 g/mol. The minimum absolute atomic E-state index is 0.0452. The molecule has 1 fully saturated rings. The predicted molar refractivity (Wildman–Crippen MR) is 75.6 cm³/mol. The van der Waals surface area contributed by atoms with Gasteiger partial charge in [-0.2, -0.15) is 4.99 Å². The molecule has 0 amide bonds. The van der Waals surface area contributed by atoms with E-state index in [-0.39, 0.29) is 17.8 Å². The van der Waals surface area contributed by atoms with E-state index >= 15 is 0 Å². The van der Waals surface area contributed by atoms with Gasteiger partial charge in [0.1, 0.15) is 11.5 Å². The first-order chi connectivity index (χ1) is 10.2. The fourth-order valence-electron chi connectivity index (χ4n) is 3.03. The van der Waals surface area contributed by atoms with Crippen LogP contribution in [0.2, 0.25) is 0 Å². The van der Waals surface area contributed by atoms with Crippen molar-refractivity contribution in [3.8, 4) is 0 Å². The number of aliphatic imine (C=N–C) groups is 1. The minimum Gasteiger partial charge on any atom is -0.356 e. The van der Waals surface area contributed by atoms with Gasteiger partial charge < -0.3 is 4.98 Å². The number of fused-ring (bicyclic) bond motifs is 1. The quantitative estimate of drug-likeness (QED) is 0.295. The van der Waals surface area contributed by atoms with E-state index in [1.165, 1.54) is 18.2 Å². The van der Waals surface area contributed by atoms with Gasteiger partial charge in [-0.25, -0.2) is 9.18 Å². The number of benzene rings is 1. The van der Waals surface area contributed by atoms with E-state index in [0.29, 0.717) is 17.5 Å². The Morgan fingerprint density at radius 2 is 2.29 bits per heavy atom. The van der Waals surface area contributed by atoms with Crippen LogP contribution in [0.3, 0.4) is 0 Å². The van der Waals surface area contributed by atoms with E-state index in [2.05, 4.69) is 20.0 Å². The summed E-state index contributed by atoms with van der Waals surface area (Å²) >= 11 is 0. The molecule has 0 bridgehead atoms. The standard InChI is InChI=1S/C14H12FN5O/c15-9-2-4-12-11(6-9)14(17-7-21)13(18-12)8-1-3-10(5-8)19-20-16/h2,4,6,8,10,18H,1,3,5H2/t8-,10-/m0/s1. The average Bonchev–Trinajstić information content (AvgIpc) is 3.05. The highest BCUT2D eigenvalue weighted by molar-refractivity contribution is 5.94. The number of H-pyrrole nitrogens is 1. The van der Waals surface area contributed by atoms with E-state index in [1.807, 2.05) is 0 Å². The highest BCUT2D eigenvalue weighted by Crippen LogP contribution is 2.43. The lowest BCUT2D eigenvalue weighted by Gasteiger charge is -2.07. The fraction of sp³-hybridized carbons (Fsp3) is 0.357. The Labute approximate surface area is 119 Å². The molecule has 1 aromatic heterocycles. The normalized spacial score (nSPS) is 21.0. The van der Waals surface area contributed by atoms with Crippen molar-refractivity contribution in [2.75, 3.05) is 0 Å². The molecule has 1 N–H and O–H groups in total. The largest absolute Gasteiger partial charge is 0.356 e. The van der Waals surface area contributed by atoms with Crippen LogP contribution in [-0.2, 0) is 4.79 Å². The van der Waals surface area contributed by atoms with Gasteiger partial charge >= 0.3 is 0 Å². The van der Waals surface area contributed by atoms with Crippen molar-refractivity contribution >= 4 is 22.7 Å². The molecule has 3 rings (SSSR count). The highest BCUT2D eigenvalue weighted by Gasteiger charge is 2.29. The fourth-order valence-corrected chi connectivity index (χ4v) is 3.03. The second kappa shape index (κ2) is 5.40. The van der Waals surface area contributed by atoms with Crippen LogP contribution in [0.5, 0.6) is 0 Å². The van der Waals surface area contributed by atoms with Crippen LogP contribution in [0, 0.1) is 5.82 Å². The zero-order chi connectivity index (χ0) is 14.8. The molecule has 2 aromatic rings. The highest BCUT2D eigenvalue weighted by atomic mass is 19.1. The molecule has 1 saturated carbocycles. The Morgan fingerprint density at radius 1 is 1.43 bits per heavy atom. The number of nitrogens with one attached hydrogen (secondary N) is 1. The number of carbonyl (C=O) groups excluding carboxylic acids is 1. The Kier molecular flexibility index (Phi) is 3.44. The smallest absolute Gasteiger partial charge is 0.240 e. The maximum absolute atomic E-state index is 13.4. The molecule has 2 atom stereocenters. The van der Waals surface area contributed by atoms with Gasteiger partial charge in [-0.05, 0) is 43.0 Å². The molecule has 0 radical (unpaired) electrons. The molecule has 0 saturated heterocycles. The van der Waals surface area contributed by atoms with Crippen LogP contribution in [0.25, 0.3) is 21.3 Å². The Morgan fingerprint density at radius 3 is 3.05 bits per heavy atom. The maximum atomic E-state index is 13.4. The van der Waals surface area contributed by atoms with E-state index in [9.17, 15) is 9.18 Å². The van der Waals surface area contributed by atoms with Gasteiger partial charge in [0, 0.05) is 33.5 Å². The molecule has 1 aliphatic rings. The first-order valence-electron chi connectivity index (χ1n) is 6.66. The Bertz CT molecular complexity index is 786. The summed E-state index contributed by atoms with van der Waals surface area (Å²) in [6.45, 7) is 0.